The van der Waals surface area contributed by atoms with Crippen LogP contribution in [0.3, 0.4) is 0 Å². The van der Waals surface area contributed by atoms with Crippen molar-refractivity contribution < 1.29 is 9.90 Å². The molecule has 14 heavy (non-hydrogen) atoms. The summed E-state index contributed by atoms with van der Waals surface area (Å²) in [6.07, 6.45) is 1.79. The Bertz CT molecular complexity index is 348. The van der Waals surface area contributed by atoms with E-state index in [9.17, 15) is 9.90 Å². The van der Waals surface area contributed by atoms with Crippen LogP contribution in [-0.2, 0) is 4.79 Å². The molecule has 0 radical (unpaired) electrons. The van der Waals surface area contributed by atoms with E-state index in [-0.39, 0.29) is 11.7 Å². The zero-order chi connectivity index (χ0) is 10.4. The fourth-order valence-corrected chi connectivity index (χ4v) is 0.850. The number of hydrogen-bond acceptors (Lipinski definition) is 3. The van der Waals surface area contributed by atoms with Gasteiger partial charge in [-0.3, -0.25) is 4.79 Å². The number of carbonyl (C=O) groups is 1. The summed E-state index contributed by atoms with van der Waals surface area (Å²) in [5.41, 5.74) is 2.90. The number of rotatable bonds is 3. The Morgan fingerprint density at radius 1 is 1.57 bits per heavy atom. The number of aromatic hydroxyl groups is 1. The molecule has 0 saturated carbocycles. The van der Waals surface area contributed by atoms with Gasteiger partial charge >= 0.3 is 0 Å². The van der Waals surface area contributed by atoms with Crippen molar-refractivity contribution in [3.8, 4) is 5.75 Å². The van der Waals surface area contributed by atoms with E-state index in [0.29, 0.717) is 12.0 Å². The number of hydrazone groups is 1. The Labute approximate surface area is 82.3 Å². The maximum atomic E-state index is 10.8. The summed E-state index contributed by atoms with van der Waals surface area (Å²) in [5, 5.41) is 13.0. The molecule has 0 atom stereocenters. The molecule has 0 fully saturated rings. The molecule has 0 saturated heterocycles. The Morgan fingerprint density at radius 2 is 2.29 bits per heavy atom. The van der Waals surface area contributed by atoms with Crippen LogP contribution in [-0.4, -0.2) is 17.2 Å². The van der Waals surface area contributed by atoms with Gasteiger partial charge in [-0.15, -0.1) is 0 Å². The van der Waals surface area contributed by atoms with E-state index in [1.807, 2.05) is 0 Å². The van der Waals surface area contributed by atoms with E-state index in [1.165, 1.54) is 6.21 Å². The van der Waals surface area contributed by atoms with Gasteiger partial charge in [0.15, 0.2) is 0 Å². The van der Waals surface area contributed by atoms with Crippen LogP contribution in [0.1, 0.15) is 18.9 Å². The zero-order valence-electron chi connectivity index (χ0n) is 7.90. The summed E-state index contributed by atoms with van der Waals surface area (Å²) < 4.78 is 0. The summed E-state index contributed by atoms with van der Waals surface area (Å²) in [5.74, 6) is -0.0151. The summed E-state index contributed by atoms with van der Waals surface area (Å²) in [7, 11) is 0. The SMILES string of the molecule is CCC(=O)N/N=C/c1ccccc1O. The Balaban J connectivity index is 2.60. The standard InChI is InChI=1S/C10H12N2O2/c1-2-10(14)12-11-7-8-5-3-4-6-9(8)13/h3-7,13H,2H2,1H3,(H,12,14)/b11-7+. The quantitative estimate of drug-likeness (QED) is 0.559. The molecule has 0 aliphatic carbocycles. The van der Waals surface area contributed by atoms with Gasteiger partial charge in [0.05, 0.1) is 6.21 Å². The predicted molar refractivity (Wildman–Crippen MR) is 54.1 cm³/mol. The van der Waals surface area contributed by atoms with Gasteiger partial charge in [0.25, 0.3) is 0 Å². The minimum atomic E-state index is -0.156. The lowest BCUT2D eigenvalue weighted by Crippen LogP contribution is -2.15. The van der Waals surface area contributed by atoms with Crippen LogP contribution in [0.25, 0.3) is 0 Å². The molecular weight excluding hydrogens is 180 g/mol. The Hall–Kier alpha value is -1.84. The number of hydrogen-bond donors (Lipinski definition) is 2. The first-order valence-electron chi connectivity index (χ1n) is 4.34. The Kier molecular flexibility index (Phi) is 3.67. The normalized spacial score (nSPS) is 10.4. The third kappa shape index (κ3) is 2.90. The third-order valence-electron chi connectivity index (χ3n) is 1.65. The van der Waals surface area contributed by atoms with Gasteiger partial charge in [-0.25, -0.2) is 5.43 Å². The van der Waals surface area contributed by atoms with Crippen molar-refractivity contribution in [2.75, 3.05) is 0 Å². The number of nitrogens with zero attached hydrogens (tertiary/aromatic N) is 1. The van der Waals surface area contributed by atoms with Crippen LogP contribution >= 0.6 is 0 Å². The van der Waals surface area contributed by atoms with Crippen molar-refractivity contribution in [3.63, 3.8) is 0 Å². The molecular formula is C10H12N2O2. The number of phenols is 1. The molecule has 0 heterocycles. The topological polar surface area (TPSA) is 61.7 Å². The van der Waals surface area contributed by atoms with Gasteiger partial charge in [0.2, 0.25) is 5.91 Å². The summed E-state index contributed by atoms with van der Waals surface area (Å²) >= 11 is 0. The van der Waals surface area contributed by atoms with Crippen LogP contribution in [0, 0.1) is 0 Å². The molecule has 0 bridgehead atoms. The van der Waals surface area contributed by atoms with Gasteiger partial charge in [-0.1, -0.05) is 19.1 Å². The molecule has 1 amide bonds. The summed E-state index contributed by atoms with van der Waals surface area (Å²) in [6, 6.07) is 6.76. The monoisotopic (exact) mass is 192 g/mol. The van der Waals surface area contributed by atoms with Crippen molar-refractivity contribution in [2.45, 2.75) is 13.3 Å². The largest absolute Gasteiger partial charge is 0.507 e. The highest BCUT2D eigenvalue weighted by molar-refractivity contribution is 5.84. The molecule has 0 spiro atoms. The highest BCUT2D eigenvalue weighted by Crippen LogP contribution is 2.12. The number of amides is 1. The lowest BCUT2D eigenvalue weighted by molar-refractivity contribution is -0.120. The third-order valence-corrected chi connectivity index (χ3v) is 1.65. The molecule has 74 valence electrons. The smallest absolute Gasteiger partial charge is 0.239 e. The number of para-hydroxylation sites is 1. The number of carbonyl (C=O) groups excluding carboxylic acids is 1. The maximum absolute atomic E-state index is 10.8. The molecule has 1 aromatic rings. The minimum absolute atomic E-state index is 0.141. The maximum Gasteiger partial charge on any atom is 0.239 e. The van der Waals surface area contributed by atoms with Crippen LogP contribution in [0.2, 0.25) is 0 Å². The fraction of sp³-hybridized carbons (Fsp3) is 0.200. The van der Waals surface area contributed by atoms with Gasteiger partial charge in [-0.2, -0.15) is 5.10 Å². The van der Waals surface area contributed by atoms with Crippen molar-refractivity contribution in [1.82, 2.24) is 5.43 Å². The first-order chi connectivity index (χ1) is 6.74. The molecule has 0 aromatic heterocycles. The Morgan fingerprint density at radius 3 is 2.93 bits per heavy atom. The highest BCUT2D eigenvalue weighted by atomic mass is 16.3. The van der Waals surface area contributed by atoms with Crippen LogP contribution in [0.5, 0.6) is 5.75 Å². The van der Waals surface area contributed by atoms with Crippen molar-refractivity contribution in [1.29, 1.82) is 0 Å². The van der Waals surface area contributed by atoms with Gasteiger partial charge in [0.1, 0.15) is 5.75 Å². The van der Waals surface area contributed by atoms with E-state index >= 15 is 0 Å². The molecule has 0 unspecified atom stereocenters. The van der Waals surface area contributed by atoms with E-state index in [1.54, 1.807) is 31.2 Å². The van der Waals surface area contributed by atoms with Gasteiger partial charge in [0, 0.05) is 12.0 Å². The van der Waals surface area contributed by atoms with Crippen molar-refractivity contribution in [2.24, 2.45) is 5.10 Å². The molecule has 0 aliphatic heterocycles. The first-order valence-corrected chi connectivity index (χ1v) is 4.34. The van der Waals surface area contributed by atoms with E-state index in [4.69, 9.17) is 0 Å². The molecule has 1 aromatic carbocycles. The van der Waals surface area contributed by atoms with Crippen LogP contribution in [0.4, 0.5) is 0 Å². The molecule has 1 rings (SSSR count). The fourth-order valence-electron chi connectivity index (χ4n) is 0.850. The lowest BCUT2D eigenvalue weighted by Gasteiger charge is -1.97. The average Bonchev–Trinajstić information content (AvgIpc) is 2.20. The van der Waals surface area contributed by atoms with Crippen LogP contribution < -0.4 is 5.43 Å². The molecule has 0 aliphatic rings. The van der Waals surface area contributed by atoms with Crippen molar-refractivity contribution in [3.05, 3.63) is 29.8 Å². The van der Waals surface area contributed by atoms with Crippen molar-refractivity contribution >= 4 is 12.1 Å². The summed E-state index contributed by atoms with van der Waals surface area (Å²) in [6.45, 7) is 1.74. The lowest BCUT2D eigenvalue weighted by atomic mass is 10.2. The molecule has 4 nitrogen and oxygen atoms in total. The number of nitrogens with one attached hydrogen (secondary N) is 1. The first kappa shape index (κ1) is 10.2. The molecule has 4 heteroatoms. The van der Waals surface area contributed by atoms with Gasteiger partial charge in [-0.05, 0) is 12.1 Å². The number of benzene rings is 1. The van der Waals surface area contributed by atoms with E-state index < -0.39 is 0 Å². The van der Waals surface area contributed by atoms with E-state index in [2.05, 4.69) is 10.5 Å². The second-order valence-corrected chi connectivity index (χ2v) is 2.71. The van der Waals surface area contributed by atoms with Gasteiger partial charge < -0.3 is 5.11 Å². The predicted octanol–water partition coefficient (Wildman–Crippen LogP) is 1.25. The second-order valence-electron chi connectivity index (χ2n) is 2.71. The highest BCUT2D eigenvalue weighted by Gasteiger charge is 1.95. The minimum Gasteiger partial charge on any atom is -0.507 e. The number of phenolic OH excluding ortho intramolecular Hbond substituents is 1. The van der Waals surface area contributed by atoms with Crippen LogP contribution in [0.15, 0.2) is 29.4 Å². The second kappa shape index (κ2) is 5.01. The summed E-state index contributed by atoms with van der Waals surface area (Å²) in [4.78, 5) is 10.8. The average molecular weight is 192 g/mol. The molecule has 2 N–H and O–H groups in total. The zero-order valence-corrected chi connectivity index (χ0v) is 7.90. The van der Waals surface area contributed by atoms with E-state index in [0.717, 1.165) is 0 Å².